The molecule has 2 N–H and O–H groups in total. The normalized spacial score (nSPS) is 10.3. The number of benzene rings is 1. The molecular weight excluding hydrogens is 289 g/mol. The van der Waals surface area contributed by atoms with Gasteiger partial charge in [-0.25, -0.2) is 4.39 Å². The quantitative estimate of drug-likeness (QED) is 0.895. The third-order valence-corrected chi connectivity index (χ3v) is 2.90. The predicted molar refractivity (Wildman–Crippen MR) is 65.4 cm³/mol. The second-order valence-electron chi connectivity index (χ2n) is 3.49. The number of carbonyl (C=O) groups is 1. The van der Waals surface area contributed by atoms with Crippen LogP contribution in [-0.4, -0.2) is 16.1 Å². The lowest BCUT2D eigenvalue weighted by atomic mass is 10.2. The van der Waals surface area contributed by atoms with E-state index in [9.17, 15) is 9.18 Å². The molecule has 0 spiro atoms. The number of rotatable bonds is 2. The molecule has 0 aliphatic rings. The molecule has 1 aromatic carbocycles. The topological polar surface area (TPSA) is 57.8 Å². The molecule has 0 aliphatic heterocycles. The Bertz CT molecular complexity index is 568. The van der Waals surface area contributed by atoms with E-state index in [1.807, 2.05) is 0 Å². The molecule has 4 nitrogen and oxygen atoms in total. The molecule has 6 heteroatoms. The van der Waals surface area contributed by atoms with Crippen molar-refractivity contribution in [1.29, 1.82) is 0 Å². The molecule has 0 radical (unpaired) electrons. The predicted octanol–water partition coefficient (Wildman–Crippen LogP) is 2.87. The second-order valence-corrected chi connectivity index (χ2v) is 4.35. The first-order chi connectivity index (χ1) is 8.08. The van der Waals surface area contributed by atoms with Gasteiger partial charge in [0.1, 0.15) is 5.82 Å². The van der Waals surface area contributed by atoms with Crippen LogP contribution < -0.4 is 5.32 Å². The number of nitrogens with one attached hydrogen (secondary N) is 2. The van der Waals surface area contributed by atoms with Crippen molar-refractivity contribution in [2.75, 3.05) is 5.32 Å². The largest absolute Gasteiger partial charge is 0.322 e. The number of halogens is 2. The van der Waals surface area contributed by atoms with Crippen molar-refractivity contribution in [2.24, 2.45) is 0 Å². The maximum atomic E-state index is 13.2. The summed E-state index contributed by atoms with van der Waals surface area (Å²) in [6.07, 6.45) is 1.43. The van der Waals surface area contributed by atoms with Crippen LogP contribution in [0, 0.1) is 12.7 Å². The van der Waals surface area contributed by atoms with Crippen molar-refractivity contribution in [2.45, 2.75) is 6.92 Å². The minimum absolute atomic E-state index is 0.321. The van der Waals surface area contributed by atoms with Gasteiger partial charge < -0.3 is 5.32 Å². The van der Waals surface area contributed by atoms with Crippen LogP contribution in [0.15, 0.2) is 28.9 Å². The highest BCUT2D eigenvalue weighted by Crippen LogP contribution is 2.19. The molecule has 0 bridgehead atoms. The number of aryl methyl sites for hydroxylation is 1. The van der Waals surface area contributed by atoms with Crippen LogP contribution in [0.3, 0.4) is 0 Å². The summed E-state index contributed by atoms with van der Waals surface area (Å²) in [5.74, 6) is -0.746. The smallest absolute Gasteiger partial charge is 0.259 e. The van der Waals surface area contributed by atoms with Gasteiger partial charge in [0.2, 0.25) is 0 Å². The zero-order valence-corrected chi connectivity index (χ0v) is 10.5. The van der Waals surface area contributed by atoms with Gasteiger partial charge in [0.25, 0.3) is 5.91 Å². The first-order valence-corrected chi connectivity index (χ1v) is 5.63. The highest BCUT2D eigenvalue weighted by molar-refractivity contribution is 9.10. The fourth-order valence-corrected chi connectivity index (χ4v) is 1.60. The van der Waals surface area contributed by atoms with E-state index < -0.39 is 5.82 Å². The molecule has 0 saturated heterocycles. The summed E-state index contributed by atoms with van der Waals surface area (Å²) >= 11 is 3.04. The Hall–Kier alpha value is -1.69. The van der Waals surface area contributed by atoms with Gasteiger partial charge in [0.05, 0.1) is 16.2 Å². The lowest BCUT2D eigenvalue weighted by Crippen LogP contribution is -2.12. The fourth-order valence-electron chi connectivity index (χ4n) is 1.35. The van der Waals surface area contributed by atoms with Crippen molar-refractivity contribution in [3.8, 4) is 0 Å². The Kier molecular flexibility index (Phi) is 3.23. The van der Waals surface area contributed by atoms with Gasteiger partial charge in [0, 0.05) is 11.4 Å². The number of hydrogen-bond donors (Lipinski definition) is 2. The zero-order chi connectivity index (χ0) is 12.4. The Morgan fingerprint density at radius 3 is 2.88 bits per heavy atom. The van der Waals surface area contributed by atoms with Crippen LogP contribution in [0.4, 0.5) is 10.1 Å². The molecule has 1 heterocycles. The van der Waals surface area contributed by atoms with Crippen molar-refractivity contribution in [3.05, 3.63) is 45.9 Å². The van der Waals surface area contributed by atoms with E-state index in [4.69, 9.17) is 0 Å². The van der Waals surface area contributed by atoms with Crippen LogP contribution in [-0.2, 0) is 0 Å². The Labute approximate surface area is 105 Å². The second kappa shape index (κ2) is 4.67. The molecular formula is C11H9BrFN3O. The number of nitrogens with zero attached hydrogens (tertiary/aromatic N) is 1. The molecule has 0 fully saturated rings. The van der Waals surface area contributed by atoms with Gasteiger partial charge in [-0.05, 0) is 41.1 Å². The molecule has 0 aliphatic carbocycles. The van der Waals surface area contributed by atoms with E-state index in [2.05, 4.69) is 31.4 Å². The number of carbonyl (C=O) groups excluding carboxylic acids is 1. The zero-order valence-electron chi connectivity index (χ0n) is 8.92. The molecule has 2 aromatic rings. The van der Waals surface area contributed by atoms with Crippen LogP contribution in [0.25, 0.3) is 0 Å². The monoisotopic (exact) mass is 297 g/mol. The lowest BCUT2D eigenvalue weighted by Gasteiger charge is -2.05. The molecule has 1 aromatic heterocycles. The number of aromatic nitrogens is 2. The fraction of sp³-hybridized carbons (Fsp3) is 0.0909. The number of anilines is 1. The third-order valence-electron chi connectivity index (χ3n) is 2.25. The van der Waals surface area contributed by atoms with Gasteiger partial charge in [-0.1, -0.05) is 0 Å². The van der Waals surface area contributed by atoms with Crippen LogP contribution >= 0.6 is 15.9 Å². The summed E-state index contributed by atoms with van der Waals surface area (Å²) in [5, 5.41) is 9.01. The highest BCUT2D eigenvalue weighted by atomic mass is 79.9. The Morgan fingerprint density at radius 2 is 2.29 bits per heavy atom. The van der Waals surface area contributed by atoms with Crippen LogP contribution in [0.2, 0.25) is 0 Å². The maximum Gasteiger partial charge on any atom is 0.259 e. The first-order valence-electron chi connectivity index (χ1n) is 4.84. The van der Waals surface area contributed by atoms with E-state index in [1.54, 1.807) is 13.0 Å². The van der Waals surface area contributed by atoms with Crippen LogP contribution in [0.1, 0.15) is 16.1 Å². The molecule has 0 atom stereocenters. The molecule has 0 saturated carbocycles. The van der Waals surface area contributed by atoms with E-state index in [1.165, 1.54) is 18.3 Å². The average Bonchev–Trinajstić information content (AvgIpc) is 2.70. The summed E-state index contributed by atoms with van der Waals surface area (Å²) < 4.78 is 13.6. The van der Waals surface area contributed by atoms with E-state index in [0.29, 0.717) is 21.4 Å². The van der Waals surface area contributed by atoms with Gasteiger partial charge in [0.15, 0.2) is 0 Å². The van der Waals surface area contributed by atoms with Crippen molar-refractivity contribution in [3.63, 3.8) is 0 Å². The average molecular weight is 298 g/mol. The Morgan fingerprint density at radius 1 is 1.53 bits per heavy atom. The number of hydrogen-bond acceptors (Lipinski definition) is 2. The minimum atomic E-state index is -0.424. The number of aromatic amines is 1. The molecule has 88 valence electrons. The minimum Gasteiger partial charge on any atom is -0.322 e. The van der Waals surface area contributed by atoms with Gasteiger partial charge in [-0.15, -0.1) is 0 Å². The van der Waals surface area contributed by atoms with Crippen molar-refractivity contribution in [1.82, 2.24) is 10.2 Å². The summed E-state index contributed by atoms with van der Waals surface area (Å²) in [5.41, 5.74) is 1.50. The lowest BCUT2D eigenvalue weighted by molar-refractivity contribution is 0.102. The van der Waals surface area contributed by atoms with Crippen molar-refractivity contribution < 1.29 is 9.18 Å². The van der Waals surface area contributed by atoms with Crippen molar-refractivity contribution >= 4 is 27.5 Å². The molecule has 0 unspecified atom stereocenters. The highest BCUT2D eigenvalue weighted by Gasteiger charge is 2.11. The van der Waals surface area contributed by atoms with Crippen LogP contribution in [0.5, 0.6) is 0 Å². The number of amides is 1. The van der Waals surface area contributed by atoms with E-state index in [-0.39, 0.29) is 5.91 Å². The Balaban J connectivity index is 2.19. The molecule has 17 heavy (non-hydrogen) atoms. The summed E-state index contributed by atoms with van der Waals surface area (Å²) in [4.78, 5) is 11.8. The van der Waals surface area contributed by atoms with E-state index >= 15 is 0 Å². The summed E-state index contributed by atoms with van der Waals surface area (Å²) in [7, 11) is 0. The summed E-state index contributed by atoms with van der Waals surface area (Å²) in [6, 6.07) is 4.39. The van der Waals surface area contributed by atoms with Gasteiger partial charge >= 0.3 is 0 Å². The van der Waals surface area contributed by atoms with Gasteiger partial charge in [-0.3, -0.25) is 9.89 Å². The summed E-state index contributed by atoms with van der Waals surface area (Å²) in [6.45, 7) is 1.74. The number of H-pyrrole nitrogens is 1. The molecule has 1 amide bonds. The van der Waals surface area contributed by atoms with Gasteiger partial charge in [-0.2, -0.15) is 5.10 Å². The first kappa shape index (κ1) is 11.8. The maximum absolute atomic E-state index is 13.2. The molecule has 2 rings (SSSR count). The van der Waals surface area contributed by atoms with E-state index in [0.717, 1.165) is 0 Å². The standard InChI is InChI=1S/C11H9BrFN3O/c1-6-8(5-14-16-6)11(17)15-7-2-3-9(12)10(13)4-7/h2-5H,1H3,(H,14,16)(H,15,17). The third kappa shape index (κ3) is 2.52. The SMILES string of the molecule is Cc1[nH]ncc1C(=O)Nc1ccc(Br)c(F)c1.